The highest BCUT2D eigenvalue weighted by atomic mass is 79.9. The molecule has 1 aromatic carbocycles. The van der Waals surface area contributed by atoms with E-state index in [-0.39, 0.29) is 5.54 Å². The van der Waals surface area contributed by atoms with Crippen LogP contribution in [0.5, 0.6) is 0 Å². The number of hydrogen-bond donors (Lipinski definition) is 1. The summed E-state index contributed by atoms with van der Waals surface area (Å²) in [5, 5.41) is 0. The van der Waals surface area contributed by atoms with E-state index in [9.17, 15) is 0 Å². The Hall–Kier alpha value is -1.26. The molecule has 2 N–H and O–H groups in total. The van der Waals surface area contributed by atoms with Crippen molar-refractivity contribution in [3.05, 3.63) is 47.0 Å². The van der Waals surface area contributed by atoms with Crippen LogP contribution < -0.4 is 5.73 Å². The SMILES string of the molecule is NC1(c2ncc(-c3cccc(Br)c3)cn2)CCCCC1. The van der Waals surface area contributed by atoms with Gasteiger partial charge in [-0.2, -0.15) is 0 Å². The fraction of sp³-hybridized carbons (Fsp3) is 0.375. The summed E-state index contributed by atoms with van der Waals surface area (Å²) >= 11 is 3.48. The molecule has 1 saturated carbocycles. The van der Waals surface area contributed by atoms with E-state index < -0.39 is 0 Å². The van der Waals surface area contributed by atoms with Crippen molar-refractivity contribution in [2.45, 2.75) is 37.6 Å². The normalized spacial score (nSPS) is 17.9. The molecular formula is C16H18BrN3. The molecule has 0 unspecified atom stereocenters. The van der Waals surface area contributed by atoms with Crippen LogP contribution >= 0.6 is 15.9 Å². The van der Waals surface area contributed by atoms with Gasteiger partial charge in [0.1, 0.15) is 5.82 Å². The maximum atomic E-state index is 6.46. The standard InChI is InChI=1S/C16H18BrN3/c17-14-6-4-5-12(9-14)13-10-19-15(20-11-13)16(18)7-2-1-3-8-16/h4-6,9-11H,1-3,7-8,18H2. The first-order valence-corrected chi connectivity index (χ1v) is 7.84. The Balaban J connectivity index is 1.88. The van der Waals surface area contributed by atoms with E-state index in [1.54, 1.807) is 0 Å². The average Bonchev–Trinajstić information content (AvgIpc) is 2.48. The van der Waals surface area contributed by atoms with Crippen molar-refractivity contribution in [2.75, 3.05) is 0 Å². The molecule has 1 aliphatic carbocycles. The second kappa shape index (κ2) is 5.62. The van der Waals surface area contributed by atoms with Crippen LogP contribution in [0.2, 0.25) is 0 Å². The van der Waals surface area contributed by atoms with Crippen LogP contribution in [0.25, 0.3) is 11.1 Å². The molecule has 3 rings (SSSR count). The molecule has 0 saturated heterocycles. The van der Waals surface area contributed by atoms with Crippen molar-refractivity contribution in [3.63, 3.8) is 0 Å². The Morgan fingerprint density at radius 1 is 1.00 bits per heavy atom. The third-order valence-electron chi connectivity index (χ3n) is 4.00. The van der Waals surface area contributed by atoms with Crippen LogP contribution in [0.1, 0.15) is 37.9 Å². The number of nitrogens with two attached hydrogens (primary N) is 1. The van der Waals surface area contributed by atoms with Gasteiger partial charge in [0.05, 0.1) is 5.54 Å². The van der Waals surface area contributed by atoms with Gasteiger partial charge in [0.2, 0.25) is 0 Å². The van der Waals surface area contributed by atoms with Gasteiger partial charge >= 0.3 is 0 Å². The summed E-state index contributed by atoms with van der Waals surface area (Å²) in [6, 6.07) is 8.15. The number of aromatic nitrogens is 2. The van der Waals surface area contributed by atoms with Gasteiger partial charge in [-0.3, -0.25) is 0 Å². The van der Waals surface area contributed by atoms with Crippen LogP contribution in [-0.4, -0.2) is 9.97 Å². The summed E-state index contributed by atoms with van der Waals surface area (Å²) in [5.74, 6) is 0.788. The monoisotopic (exact) mass is 331 g/mol. The molecule has 0 atom stereocenters. The lowest BCUT2D eigenvalue weighted by molar-refractivity contribution is 0.287. The van der Waals surface area contributed by atoms with Gasteiger partial charge in [0.15, 0.2) is 0 Å². The highest BCUT2D eigenvalue weighted by molar-refractivity contribution is 9.10. The van der Waals surface area contributed by atoms with Gasteiger partial charge < -0.3 is 5.73 Å². The van der Waals surface area contributed by atoms with Crippen molar-refractivity contribution in [2.24, 2.45) is 5.73 Å². The lowest BCUT2D eigenvalue weighted by Crippen LogP contribution is -2.40. The van der Waals surface area contributed by atoms with Crippen LogP contribution in [-0.2, 0) is 5.54 Å². The molecule has 0 spiro atoms. The van der Waals surface area contributed by atoms with E-state index in [2.05, 4.69) is 38.0 Å². The molecule has 0 aliphatic heterocycles. The van der Waals surface area contributed by atoms with Crippen molar-refractivity contribution < 1.29 is 0 Å². The summed E-state index contributed by atoms with van der Waals surface area (Å²) < 4.78 is 1.06. The largest absolute Gasteiger partial charge is 0.319 e. The van der Waals surface area contributed by atoms with Crippen LogP contribution in [0.4, 0.5) is 0 Å². The van der Waals surface area contributed by atoms with Gasteiger partial charge in [-0.15, -0.1) is 0 Å². The minimum Gasteiger partial charge on any atom is -0.319 e. The Labute approximate surface area is 127 Å². The number of hydrogen-bond acceptors (Lipinski definition) is 3. The Morgan fingerprint density at radius 3 is 2.35 bits per heavy atom. The van der Waals surface area contributed by atoms with Gasteiger partial charge in [-0.1, -0.05) is 47.3 Å². The Kier molecular flexibility index (Phi) is 3.85. The summed E-state index contributed by atoms with van der Waals surface area (Å²) in [5.41, 5.74) is 8.27. The fourth-order valence-corrected chi connectivity index (χ4v) is 3.21. The molecule has 3 nitrogen and oxygen atoms in total. The second-order valence-electron chi connectivity index (χ2n) is 5.52. The van der Waals surface area contributed by atoms with Gasteiger partial charge in [-0.05, 0) is 30.5 Å². The summed E-state index contributed by atoms with van der Waals surface area (Å²) in [6.07, 6.45) is 9.36. The van der Waals surface area contributed by atoms with E-state index in [0.717, 1.165) is 34.3 Å². The van der Waals surface area contributed by atoms with Crippen molar-refractivity contribution in [3.8, 4) is 11.1 Å². The Morgan fingerprint density at radius 2 is 1.70 bits per heavy atom. The average molecular weight is 332 g/mol. The summed E-state index contributed by atoms with van der Waals surface area (Å²) in [7, 11) is 0. The van der Waals surface area contributed by atoms with E-state index in [1.165, 1.54) is 19.3 Å². The predicted molar refractivity (Wildman–Crippen MR) is 84.1 cm³/mol. The minimum absolute atomic E-state index is 0.325. The highest BCUT2D eigenvalue weighted by Gasteiger charge is 2.32. The smallest absolute Gasteiger partial charge is 0.148 e. The van der Waals surface area contributed by atoms with Gasteiger partial charge in [-0.25, -0.2) is 9.97 Å². The zero-order valence-corrected chi connectivity index (χ0v) is 12.9. The number of halogens is 1. The number of nitrogens with zero attached hydrogens (tertiary/aromatic N) is 2. The number of benzene rings is 1. The first-order valence-electron chi connectivity index (χ1n) is 7.05. The zero-order valence-electron chi connectivity index (χ0n) is 11.3. The molecule has 1 heterocycles. The third kappa shape index (κ3) is 2.76. The molecule has 1 aromatic heterocycles. The molecule has 2 aromatic rings. The van der Waals surface area contributed by atoms with Crippen LogP contribution in [0.15, 0.2) is 41.1 Å². The first-order chi connectivity index (χ1) is 9.67. The molecular weight excluding hydrogens is 314 g/mol. The van der Waals surface area contributed by atoms with Crippen molar-refractivity contribution in [1.29, 1.82) is 0 Å². The van der Waals surface area contributed by atoms with E-state index >= 15 is 0 Å². The first kappa shape index (κ1) is 13.7. The fourth-order valence-electron chi connectivity index (χ4n) is 2.81. The Bertz CT molecular complexity index is 589. The van der Waals surface area contributed by atoms with Gasteiger partial charge in [0.25, 0.3) is 0 Å². The van der Waals surface area contributed by atoms with E-state index in [1.807, 2.05) is 24.5 Å². The van der Waals surface area contributed by atoms with Crippen molar-refractivity contribution in [1.82, 2.24) is 9.97 Å². The molecule has 1 fully saturated rings. The summed E-state index contributed by atoms with van der Waals surface area (Å²) in [6.45, 7) is 0. The van der Waals surface area contributed by atoms with Gasteiger partial charge in [0, 0.05) is 22.4 Å². The second-order valence-corrected chi connectivity index (χ2v) is 6.44. The molecule has 4 heteroatoms. The maximum Gasteiger partial charge on any atom is 0.148 e. The summed E-state index contributed by atoms with van der Waals surface area (Å²) in [4.78, 5) is 9.06. The number of rotatable bonds is 2. The quantitative estimate of drug-likeness (QED) is 0.903. The maximum absolute atomic E-state index is 6.46. The molecule has 0 amide bonds. The lowest BCUT2D eigenvalue weighted by atomic mass is 9.82. The minimum atomic E-state index is -0.325. The topological polar surface area (TPSA) is 51.8 Å². The molecule has 0 bridgehead atoms. The van der Waals surface area contributed by atoms with E-state index in [4.69, 9.17) is 5.73 Å². The predicted octanol–water partition coefficient (Wildman–Crippen LogP) is 4.02. The third-order valence-corrected chi connectivity index (χ3v) is 4.49. The molecule has 1 aliphatic rings. The van der Waals surface area contributed by atoms with E-state index in [0.29, 0.717) is 0 Å². The van der Waals surface area contributed by atoms with Crippen LogP contribution in [0, 0.1) is 0 Å². The molecule has 20 heavy (non-hydrogen) atoms. The molecule has 0 radical (unpaired) electrons. The zero-order chi connectivity index (χ0) is 14.0. The highest BCUT2D eigenvalue weighted by Crippen LogP contribution is 2.33. The van der Waals surface area contributed by atoms with Crippen molar-refractivity contribution >= 4 is 15.9 Å². The van der Waals surface area contributed by atoms with Crippen LogP contribution in [0.3, 0.4) is 0 Å². The lowest BCUT2D eigenvalue weighted by Gasteiger charge is -2.31. The molecule has 104 valence electrons.